The maximum atomic E-state index is 12.0. The van der Waals surface area contributed by atoms with Crippen molar-refractivity contribution >= 4 is 23.2 Å². The van der Waals surface area contributed by atoms with E-state index in [2.05, 4.69) is 15.5 Å². The van der Waals surface area contributed by atoms with Crippen LogP contribution in [0.3, 0.4) is 0 Å². The van der Waals surface area contributed by atoms with Crippen LogP contribution in [0, 0.1) is 24.0 Å². The number of carbonyl (C=O) groups excluding carboxylic acids is 1. The SMILES string of the molecule is Cc1noc(C)c1CNC(=O)c1cc([N+](=O)[O-])cnc1Cl. The summed E-state index contributed by atoms with van der Waals surface area (Å²) in [5.41, 5.74) is 1.05. The number of nitro groups is 1. The summed E-state index contributed by atoms with van der Waals surface area (Å²) in [6.45, 7) is 3.66. The van der Waals surface area contributed by atoms with Gasteiger partial charge in [-0.1, -0.05) is 16.8 Å². The van der Waals surface area contributed by atoms with Gasteiger partial charge in [0.05, 0.1) is 16.2 Å². The number of carbonyl (C=O) groups is 1. The van der Waals surface area contributed by atoms with Crippen LogP contribution in [0.5, 0.6) is 0 Å². The third kappa shape index (κ3) is 3.16. The first kappa shape index (κ1) is 14.9. The number of amides is 1. The minimum absolute atomic E-state index is 0.0578. The highest BCUT2D eigenvalue weighted by atomic mass is 35.5. The number of hydrogen-bond donors (Lipinski definition) is 1. The van der Waals surface area contributed by atoms with Crippen LogP contribution in [0.25, 0.3) is 0 Å². The average Bonchev–Trinajstić information content (AvgIpc) is 2.75. The quantitative estimate of drug-likeness (QED) is 0.526. The number of hydrogen-bond acceptors (Lipinski definition) is 6. The minimum atomic E-state index is -0.644. The van der Waals surface area contributed by atoms with Crippen molar-refractivity contribution in [3.05, 3.63) is 50.1 Å². The second kappa shape index (κ2) is 5.88. The fourth-order valence-corrected chi connectivity index (χ4v) is 1.90. The molecular weight excluding hydrogens is 300 g/mol. The summed E-state index contributed by atoms with van der Waals surface area (Å²) in [4.78, 5) is 25.7. The highest BCUT2D eigenvalue weighted by molar-refractivity contribution is 6.32. The Balaban J connectivity index is 2.17. The number of nitrogens with one attached hydrogen (secondary N) is 1. The number of pyridine rings is 1. The fraction of sp³-hybridized carbons (Fsp3) is 0.250. The van der Waals surface area contributed by atoms with E-state index in [1.807, 2.05) is 0 Å². The Bertz CT molecular complexity index is 694. The molecule has 2 aromatic heterocycles. The van der Waals surface area contributed by atoms with E-state index in [-0.39, 0.29) is 22.9 Å². The monoisotopic (exact) mass is 310 g/mol. The van der Waals surface area contributed by atoms with E-state index in [0.29, 0.717) is 11.5 Å². The van der Waals surface area contributed by atoms with Crippen molar-refractivity contribution in [1.82, 2.24) is 15.5 Å². The van der Waals surface area contributed by atoms with Gasteiger partial charge in [0.1, 0.15) is 17.1 Å². The number of aromatic nitrogens is 2. The lowest BCUT2D eigenvalue weighted by molar-refractivity contribution is -0.385. The van der Waals surface area contributed by atoms with E-state index in [1.165, 1.54) is 0 Å². The van der Waals surface area contributed by atoms with Gasteiger partial charge in [0.25, 0.3) is 11.6 Å². The van der Waals surface area contributed by atoms with Gasteiger partial charge < -0.3 is 9.84 Å². The van der Waals surface area contributed by atoms with Crippen molar-refractivity contribution < 1.29 is 14.2 Å². The molecule has 21 heavy (non-hydrogen) atoms. The summed E-state index contributed by atoms with van der Waals surface area (Å²) in [5.74, 6) is 0.0345. The van der Waals surface area contributed by atoms with Crippen LogP contribution < -0.4 is 5.32 Å². The zero-order valence-corrected chi connectivity index (χ0v) is 12.0. The van der Waals surface area contributed by atoms with Crippen molar-refractivity contribution in [3.63, 3.8) is 0 Å². The summed E-state index contributed by atoms with van der Waals surface area (Å²) in [7, 11) is 0. The van der Waals surface area contributed by atoms with Gasteiger partial charge in [0.2, 0.25) is 0 Å². The third-order valence-electron chi connectivity index (χ3n) is 2.89. The molecule has 0 aromatic carbocycles. The highest BCUT2D eigenvalue weighted by Gasteiger charge is 2.18. The molecule has 0 aliphatic heterocycles. The van der Waals surface area contributed by atoms with E-state index < -0.39 is 10.8 Å². The second-order valence-electron chi connectivity index (χ2n) is 4.27. The number of rotatable bonds is 4. The molecule has 0 radical (unpaired) electrons. The first-order valence-corrected chi connectivity index (χ1v) is 6.28. The van der Waals surface area contributed by atoms with Crippen molar-refractivity contribution in [1.29, 1.82) is 0 Å². The molecule has 0 saturated carbocycles. The van der Waals surface area contributed by atoms with Crippen LogP contribution in [-0.4, -0.2) is 21.0 Å². The Morgan fingerprint density at radius 2 is 2.24 bits per heavy atom. The van der Waals surface area contributed by atoms with E-state index in [4.69, 9.17) is 16.1 Å². The number of halogens is 1. The molecule has 9 heteroatoms. The summed E-state index contributed by atoms with van der Waals surface area (Å²) in [6.07, 6.45) is 0.993. The molecule has 1 N–H and O–H groups in total. The van der Waals surface area contributed by atoms with Crippen LogP contribution in [-0.2, 0) is 6.54 Å². The lowest BCUT2D eigenvalue weighted by Crippen LogP contribution is -2.24. The molecule has 0 aliphatic rings. The molecule has 2 heterocycles. The molecule has 0 aliphatic carbocycles. The first-order valence-electron chi connectivity index (χ1n) is 5.90. The fourth-order valence-electron chi connectivity index (χ4n) is 1.71. The third-order valence-corrected chi connectivity index (χ3v) is 3.19. The molecule has 8 nitrogen and oxygen atoms in total. The highest BCUT2D eigenvalue weighted by Crippen LogP contribution is 2.19. The summed E-state index contributed by atoms with van der Waals surface area (Å²) < 4.78 is 4.98. The van der Waals surface area contributed by atoms with Crippen molar-refractivity contribution in [2.75, 3.05) is 0 Å². The molecule has 2 rings (SSSR count). The standard InChI is InChI=1S/C12H11ClN4O4/c1-6-10(7(2)21-16-6)5-15-12(18)9-3-8(17(19)20)4-14-11(9)13/h3-4H,5H2,1-2H3,(H,15,18). The molecule has 0 fully saturated rings. The number of aryl methyl sites for hydroxylation is 2. The Hall–Kier alpha value is -2.48. The normalized spacial score (nSPS) is 10.4. The van der Waals surface area contributed by atoms with Gasteiger partial charge in [-0.15, -0.1) is 0 Å². The van der Waals surface area contributed by atoms with E-state index >= 15 is 0 Å². The van der Waals surface area contributed by atoms with Crippen LogP contribution in [0.1, 0.15) is 27.4 Å². The van der Waals surface area contributed by atoms with Crippen molar-refractivity contribution in [2.24, 2.45) is 0 Å². The maximum Gasteiger partial charge on any atom is 0.288 e. The largest absolute Gasteiger partial charge is 0.361 e. The van der Waals surface area contributed by atoms with Gasteiger partial charge >= 0.3 is 0 Å². The maximum absolute atomic E-state index is 12.0. The van der Waals surface area contributed by atoms with Crippen molar-refractivity contribution in [2.45, 2.75) is 20.4 Å². The summed E-state index contributed by atoms with van der Waals surface area (Å²) >= 11 is 5.79. The van der Waals surface area contributed by atoms with Gasteiger partial charge in [-0.3, -0.25) is 14.9 Å². The van der Waals surface area contributed by atoms with Gasteiger partial charge in [0, 0.05) is 18.2 Å². The van der Waals surface area contributed by atoms with E-state index in [9.17, 15) is 14.9 Å². The van der Waals surface area contributed by atoms with Crippen LogP contribution >= 0.6 is 11.6 Å². The molecule has 110 valence electrons. The van der Waals surface area contributed by atoms with Crippen LogP contribution in [0.15, 0.2) is 16.8 Å². The predicted octanol–water partition coefficient (Wildman–Crippen LogP) is 2.18. The topological polar surface area (TPSA) is 111 Å². The Kier molecular flexibility index (Phi) is 4.18. The molecule has 1 amide bonds. The van der Waals surface area contributed by atoms with E-state index in [1.54, 1.807) is 13.8 Å². The van der Waals surface area contributed by atoms with Crippen LogP contribution in [0.2, 0.25) is 5.15 Å². The molecule has 0 atom stereocenters. The molecular formula is C12H11ClN4O4. The molecule has 0 saturated heterocycles. The predicted molar refractivity (Wildman–Crippen MR) is 73.0 cm³/mol. The molecule has 0 spiro atoms. The first-order chi connectivity index (χ1) is 9.90. The zero-order valence-electron chi connectivity index (χ0n) is 11.2. The zero-order chi connectivity index (χ0) is 15.6. The lowest BCUT2D eigenvalue weighted by atomic mass is 10.2. The minimum Gasteiger partial charge on any atom is -0.361 e. The Morgan fingerprint density at radius 3 is 2.81 bits per heavy atom. The Labute approximate surface area is 124 Å². The summed E-state index contributed by atoms with van der Waals surface area (Å²) in [5, 5.41) is 17.0. The second-order valence-corrected chi connectivity index (χ2v) is 4.63. The van der Waals surface area contributed by atoms with Gasteiger partial charge in [-0.2, -0.15) is 0 Å². The smallest absolute Gasteiger partial charge is 0.288 e. The lowest BCUT2D eigenvalue weighted by Gasteiger charge is -2.06. The summed E-state index contributed by atoms with van der Waals surface area (Å²) in [6, 6.07) is 1.08. The average molecular weight is 311 g/mol. The van der Waals surface area contributed by atoms with Crippen molar-refractivity contribution in [3.8, 4) is 0 Å². The number of nitrogens with zero attached hydrogens (tertiary/aromatic N) is 3. The molecule has 0 unspecified atom stereocenters. The van der Waals surface area contributed by atoms with Gasteiger partial charge in [0.15, 0.2) is 0 Å². The van der Waals surface area contributed by atoms with Gasteiger partial charge in [-0.05, 0) is 13.8 Å². The van der Waals surface area contributed by atoms with E-state index in [0.717, 1.165) is 17.8 Å². The molecule has 0 bridgehead atoms. The van der Waals surface area contributed by atoms with Crippen LogP contribution in [0.4, 0.5) is 5.69 Å². The Morgan fingerprint density at radius 1 is 1.52 bits per heavy atom. The molecule has 2 aromatic rings. The van der Waals surface area contributed by atoms with Gasteiger partial charge in [-0.25, -0.2) is 4.98 Å².